The highest BCUT2D eigenvalue weighted by atomic mass is 35.5. The highest BCUT2D eigenvalue weighted by molar-refractivity contribution is 7.99. The normalized spacial score (nSPS) is 10.7. The number of nitrogens with one attached hydrogen (secondary N) is 1. The van der Waals surface area contributed by atoms with Crippen molar-refractivity contribution in [1.29, 1.82) is 0 Å². The topological polar surface area (TPSA) is 37.8 Å². The number of hydrogen-bond acceptors (Lipinski definition) is 4. The molecule has 1 N–H and O–H groups in total. The highest BCUT2D eigenvalue weighted by Gasteiger charge is 2.10. The maximum atomic E-state index is 12.4. The lowest BCUT2D eigenvalue weighted by molar-refractivity contribution is 0.252. The molecule has 1 heterocycles. The number of aromatic nitrogens is 2. The van der Waals surface area contributed by atoms with Crippen LogP contribution in [0.2, 0.25) is 5.28 Å². The Bertz CT molecular complexity index is 539. The van der Waals surface area contributed by atoms with Crippen molar-refractivity contribution in [2.24, 2.45) is 0 Å². The van der Waals surface area contributed by atoms with Gasteiger partial charge in [-0.15, -0.1) is 0 Å². The van der Waals surface area contributed by atoms with Crippen LogP contribution in [-0.2, 0) is 0 Å². The van der Waals surface area contributed by atoms with Crippen LogP contribution in [0.15, 0.2) is 41.4 Å². The van der Waals surface area contributed by atoms with E-state index in [2.05, 4.69) is 15.3 Å². The second kappa shape index (κ2) is 5.97. The van der Waals surface area contributed by atoms with Gasteiger partial charge in [0.05, 0.1) is 5.69 Å². The third kappa shape index (κ3) is 3.54. The smallest absolute Gasteiger partial charge is 0.288 e. The molecule has 0 aliphatic rings. The van der Waals surface area contributed by atoms with Gasteiger partial charge < -0.3 is 5.32 Å². The molecule has 94 valence electrons. The van der Waals surface area contributed by atoms with E-state index in [1.54, 1.807) is 30.3 Å². The van der Waals surface area contributed by atoms with E-state index in [0.29, 0.717) is 28.2 Å². The van der Waals surface area contributed by atoms with Crippen LogP contribution in [0.5, 0.6) is 0 Å². The summed E-state index contributed by atoms with van der Waals surface area (Å²) in [5.74, 6) is -2.01. The third-order valence-corrected chi connectivity index (χ3v) is 2.96. The third-order valence-electron chi connectivity index (χ3n) is 1.99. The minimum Gasteiger partial charge on any atom is -0.339 e. The van der Waals surface area contributed by atoms with E-state index in [4.69, 9.17) is 11.6 Å². The van der Waals surface area contributed by atoms with Gasteiger partial charge in [-0.25, -0.2) is 9.97 Å². The molecule has 0 saturated carbocycles. The van der Waals surface area contributed by atoms with Crippen LogP contribution in [0.25, 0.3) is 0 Å². The van der Waals surface area contributed by atoms with Crippen molar-refractivity contribution in [1.82, 2.24) is 9.97 Å². The number of para-hydroxylation sites is 1. The maximum Gasteiger partial charge on any atom is 0.288 e. The van der Waals surface area contributed by atoms with Gasteiger partial charge in [0.2, 0.25) is 5.28 Å². The first kappa shape index (κ1) is 13.0. The molecule has 7 heteroatoms. The molecule has 0 amide bonds. The monoisotopic (exact) mass is 287 g/mol. The van der Waals surface area contributed by atoms with Gasteiger partial charge >= 0.3 is 0 Å². The van der Waals surface area contributed by atoms with Gasteiger partial charge in [0.1, 0.15) is 5.82 Å². The molecule has 0 aliphatic heterocycles. The van der Waals surface area contributed by atoms with E-state index in [1.807, 2.05) is 0 Å². The molecule has 0 atom stereocenters. The average Bonchev–Trinajstić information content (AvgIpc) is 2.31. The summed E-state index contributed by atoms with van der Waals surface area (Å²) in [6, 6.07) is 8.36. The summed E-state index contributed by atoms with van der Waals surface area (Å²) in [5.41, 5.74) is 0.553. The largest absolute Gasteiger partial charge is 0.339 e. The lowest BCUT2D eigenvalue weighted by Gasteiger charge is -2.10. The Kier molecular flexibility index (Phi) is 4.33. The quantitative estimate of drug-likeness (QED) is 0.676. The predicted octanol–water partition coefficient (Wildman–Crippen LogP) is 4.19. The van der Waals surface area contributed by atoms with Crippen LogP contribution >= 0.6 is 23.4 Å². The van der Waals surface area contributed by atoms with E-state index in [-0.39, 0.29) is 5.28 Å². The fourth-order valence-corrected chi connectivity index (χ4v) is 2.05. The summed E-state index contributed by atoms with van der Waals surface area (Å²) in [4.78, 5) is 8.12. The summed E-state index contributed by atoms with van der Waals surface area (Å²) in [7, 11) is 0. The van der Waals surface area contributed by atoms with Crippen LogP contribution in [0.1, 0.15) is 0 Å². The Labute approximate surface area is 112 Å². The number of benzene rings is 1. The van der Waals surface area contributed by atoms with Gasteiger partial charge in [0.15, 0.2) is 0 Å². The SMILES string of the molecule is FC(F)Sc1ccccc1Nc1ccnc(Cl)n1. The van der Waals surface area contributed by atoms with Crippen LogP contribution < -0.4 is 5.32 Å². The lowest BCUT2D eigenvalue weighted by Crippen LogP contribution is -1.96. The number of alkyl halides is 2. The van der Waals surface area contributed by atoms with Crippen molar-refractivity contribution in [3.8, 4) is 0 Å². The molecule has 18 heavy (non-hydrogen) atoms. The van der Waals surface area contributed by atoms with Crippen LogP contribution in [0, 0.1) is 0 Å². The number of rotatable bonds is 4. The Hall–Kier alpha value is -1.40. The van der Waals surface area contributed by atoms with Gasteiger partial charge in [0, 0.05) is 11.1 Å². The van der Waals surface area contributed by atoms with Crippen molar-refractivity contribution in [2.75, 3.05) is 5.32 Å². The number of nitrogens with zero attached hydrogens (tertiary/aromatic N) is 2. The molecular formula is C11H8ClF2N3S. The molecule has 0 aliphatic carbocycles. The van der Waals surface area contributed by atoms with E-state index in [1.165, 1.54) is 6.20 Å². The average molecular weight is 288 g/mol. The second-order valence-corrected chi connectivity index (χ2v) is 4.58. The summed E-state index contributed by atoms with van der Waals surface area (Å²) in [6.07, 6.45) is 1.49. The zero-order chi connectivity index (χ0) is 13.0. The van der Waals surface area contributed by atoms with Crippen molar-refractivity contribution >= 4 is 34.9 Å². The van der Waals surface area contributed by atoms with Crippen LogP contribution in [0.3, 0.4) is 0 Å². The van der Waals surface area contributed by atoms with Gasteiger partial charge in [0.25, 0.3) is 5.76 Å². The van der Waals surface area contributed by atoms with Crippen LogP contribution in [-0.4, -0.2) is 15.7 Å². The molecule has 3 nitrogen and oxygen atoms in total. The van der Waals surface area contributed by atoms with Crippen molar-refractivity contribution in [3.63, 3.8) is 0 Å². The molecule has 0 bridgehead atoms. The van der Waals surface area contributed by atoms with E-state index in [0.717, 1.165) is 0 Å². The van der Waals surface area contributed by atoms with E-state index < -0.39 is 5.76 Å². The first-order valence-electron chi connectivity index (χ1n) is 4.94. The fraction of sp³-hybridized carbons (Fsp3) is 0.0909. The van der Waals surface area contributed by atoms with Crippen LogP contribution in [0.4, 0.5) is 20.3 Å². The highest BCUT2D eigenvalue weighted by Crippen LogP contribution is 2.32. The zero-order valence-corrected chi connectivity index (χ0v) is 10.6. The Balaban J connectivity index is 2.23. The standard InChI is InChI=1S/C11H8ClF2N3S/c12-10-15-6-5-9(17-10)16-7-3-1-2-4-8(7)18-11(13)14/h1-6,11H,(H,15,16,17). The molecule has 2 aromatic rings. The van der Waals surface area contributed by atoms with Gasteiger partial charge in [-0.1, -0.05) is 23.9 Å². The van der Waals surface area contributed by atoms with Gasteiger partial charge in [-0.05, 0) is 29.8 Å². The van der Waals surface area contributed by atoms with Gasteiger partial charge in [-0.2, -0.15) is 8.78 Å². The summed E-state index contributed by atoms with van der Waals surface area (Å²) in [6.45, 7) is 0. The molecule has 1 aromatic heterocycles. The minimum absolute atomic E-state index is 0.0963. The number of anilines is 2. The van der Waals surface area contributed by atoms with Crippen molar-refractivity contribution in [3.05, 3.63) is 41.8 Å². The maximum absolute atomic E-state index is 12.4. The predicted molar refractivity (Wildman–Crippen MR) is 68.6 cm³/mol. The summed E-state index contributed by atoms with van der Waals surface area (Å²) < 4.78 is 24.8. The first-order valence-corrected chi connectivity index (χ1v) is 6.20. The Morgan fingerprint density at radius 3 is 2.72 bits per heavy atom. The summed E-state index contributed by atoms with van der Waals surface area (Å²) >= 11 is 6.12. The van der Waals surface area contributed by atoms with Gasteiger partial charge in [-0.3, -0.25) is 0 Å². The minimum atomic E-state index is -2.47. The van der Waals surface area contributed by atoms with Crippen molar-refractivity contribution < 1.29 is 8.78 Å². The second-order valence-electron chi connectivity index (χ2n) is 3.21. The Morgan fingerprint density at radius 1 is 1.22 bits per heavy atom. The molecule has 0 saturated heterocycles. The molecule has 1 aromatic carbocycles. The molecule has 0 spiro atoms. The lowest BCUT2D eigenvalue weighted by atomic mass is 10.3. The molecule has 2 rings (SSSR count). The van der Waals surface area contributed by atoms with E-state index in [9.17, 15) is 8.78 Å². The number of thioether (sulfide) groups is 1. The molecule has 0 radical (unpaired) electrons. The summed E-state index contributed by atoms with van der Waals surface area (Å²) in [5, 5.41) is 3.03. The molecule has 0 fully saturated rings. The fourth-order valence-electron chi connectivity index (χ4n) is 1.31. The van der Waals surface area contributed by atoms with E-state index >= 15 is 0 Å². The van der Waals surface area contributed by atoms with Crippen molar-refractivity contribution in [2.45, 2.75) is 10.7 Å². The number of hydrogen-bond donors (Lipinski definition) is 1. The first-order chi connectivity index (χ1) is 8.65. The number of halogens is 3. The molecular weight excluding hydrogens is 280 g/mol. The Morgan fingerprint density at radius 2 is 2.00 bits per heavy atom. The zero-order valence-electron chi connectivity index (χ0n) is 8.98. The molecule has 0 unspecified atom stereocenters.